The molecule has 0 aromatic heterocycles. The summed E-state index contributed by atoms with van der Waals surface area (Å²) in [7, 11) is 2.24. The van der Waals surface area contributed by atoms with E-state index in [1.165, 1.54) is 37.2 Å². The molecule has 0 heterocycles. The summed E-state index contributed by atoms with van der Waals surface area (Å²) in [4.78, 5) is 5.12. The molecule has 1 aromatic rings. The predicted octanol–water partition coefficient (Wildman–Crippen LogP) is 4.43. The van der Waals surface area contributed by atoms with E-state index in [0.717, 1.165) is 32.7 Å². The molecular weight excluding hydrogens is 294 g/mol. The molecule has 0 aliphatic carbocycles. The molecule has 3 heteroatoms. The summed E-state index contributed by atoms with van der Waals surface area (Å²) >= 11 is 0. The van der Waals surface area contributed by atoms with Crippen LogP contribution >= 0.6 is 0 Å². The summed E-state index contributed by atoms with van der Waals surface area (Å²) in [5.74, 6) is 1.39. The average molecular weight is 333 g/mol. The van der Waals surface area contributed by atoms with E-state index in [4.69, 9.17) is 0 Å². The Morgan fingerprint density at radius 3 is 1.83 bits per heavy atom. The summed E-state index contributed by atoms with van der Waals surface area (Å²) in [6, 6.07) is 10.8. The fourth-order valence-corrected chi connectivity index (χ4v) is 3.13. The van der Waals surface area contributed by atoms with Gasteiger partial charge in [0.15, 0.2) is 0 Å². The van der Waals surface area contributed by atoms with E-state index in [1.807, 2.05) is 0 Å². The van der Waals surface area contributed by atoms with Crippen LogP contribution in [0.3, 0.4) is 0 Å². The van der Waals surface area contributed by atoms with Gasteiger partial charge in [0.25, 0.3) is 0 Å². The molecule has 0 saturated heterocycles. The van der Waals surface area contributed by atoms with Crippen molar-refractivity contribution in [2.75, 3.05) is 33.2 Å². The van der Waals surface area contributed by atoms with Gasteiger partial charge in [-0.2, -0.15) is 0 Å². The van der Waals surface area contributed by atoms with Crippen LogP contribution in [0.2, 0.25) is 0 Å². The van der Waals surface area contributed by atoms with Gasteiger partial charge in [0.05, 0.1) is 39.8 Å². The molecule has 0 amide bonds. The number of guanidine groups is 1. The van der Waals surface area contributed by atoms with E-state index in [2.05, 4.69) is 79.4 Å². The van der Waals surface area contributed by atoms with Crippen molar-refractivity contribution in [1.29, 1.82) is 0 Å². The molecule has 1 aromatic carbocycles. The smallest absolute Gasteiger partial charge is 0.265 e. The van der Waals surface area contributed by atoms with Gasteiger partial charge in [-0.3, -0.25) is 14.4 Å². The third-order valence-corrected chi connectivity index (χ3v) is 4.50. The minimum Gasteiger partial charge on any atom is -0.265 e. The normalized spacial score (nSPS) is 12.0. The lowest BCUT2D eigenvalue weighted by atomic mass is 10.2. The van der Waals surface area contributed by atoms with E-state index in [1.54, 1.807) is 0 Å². The van der Waals surface area contributed by atoms with E-state index in [0.29, 0.717) is 0 Å². The maximum atomic E-state index is 2.61. The highest BCUT2D eigenvalue weighted by molar-refractivity contribution is 5.75. The molecule has 0 radical (unpaired) electrons. The average Bonchev–Trinajstić information content (AvgIpc) is 2.61. The third-order valence-electron chi connectivity index (χ3n) is 4.50. The lowest BCUT2D eigenvalue weighted by molar-refractivity contribution is -0.524. The van der Waals surface area contributed by atoms with Crippen molar-refractivity contribution in [1.82, 2.24) is 9.80 Å². The number of benzene rings is 1. The first-order chi connectivity index (χ1) is 11.7. The second-order valence-electron chi connectivity index (χ2n) is 6.51. The molecule has 0 saturated carbocycles. The highest BCUT2D eigenvalue weighted by atomic mass is 15.4. The Labute approximate surface area is 150 Å². The highest BCUT2D eigenvalue weighted by Gasteiger charge is 2.25. The van der Waals surface area contributed by atoms with Crippen LogP contribution in [-0.4, -0.2) is 53.6 Å². The molecule has 1 rings (SSSR count). The molecule has 0 atom stereocenters. The van der Waals surface area contributed by atoms with Crippen LogP contribution in [0.25, 0.3) is 0 Å². The number of hydrogen-bond donors (Lipinski definition) is 0. The lowest BCUT2D eigenvalue weighted by Crippen LogP contribution is -2.49. The maximum Gasteiger partial charge on any atom is 0.350 e. The SMILES string of the molecule is CCCCN(CCCC)C(N(CC)CC)=[N+](C)Cc1ccccc1. The van der Waals surface area contributed by atoms with Crippen molar-refractivity contribution in [2.24, 2.45) is 0 Å². The molecule has 3 nitrogen and oxygen atoms in total. The van der Waals surface area contributed by atoms with Crippen LogP contribution in [0.15, 0.2) is 30.3 Å². The number of nitrogens with zero attached hydrogens (tertiary/aromatic N) is 3. The van der Waals surface area contributed by atoms with Crippen molar-refractivity contribution < 1.29 is 4.58 Å². The summed E-state index contributed by atoms with van der Waals surface area (Å²) in [6.45, 7) is 14.5. The first kappa shape index (κ1) is 20.5. The fraction of sp³-hybridized carbons (Fsp3) is 0.667. The Bertz CT molecular complexity index is 455. The lowest BCUT2D eigenvalue weighted by Gasteiger charge is -2.29. The topological polar surface area (TPSA) is 9.49 Å². The van der Waals surface area contributed by atoms with Gasteiger partial charge in [0, 0.05) is 0 Å². The zero-order valence-corrected chi connectivity index (χ0v) is 16.6. The van der Waals surface area contributed by atoms with E-state index in [9.17, 15) is 0 Å². The molecule has 0 fully saturated rings. The Morgan fingerprint density at radius 2 is 1.38 bits per heavy atom. The molecule has 0 aliphatic heterocycles. The van der Waals surface area contributed by atoms with Crippen LogP contribution in [0, 0.1) is 0 Å². The number of unbranched alkanes of at least 4 members (excludes halogenated alkanes) is 2. The highest BCUT2D eigenvalue weighted by Crippen LogP contribution is 2.08. The van der Waals surface area contributed by atoms with Crippen LogP contribution in [0.5, 0.6) is 0 Å². The van der Waals surface area contributed by atoms with E-state index >= 15 is 0 Å². The van der Waals surface area contributed by atoms with E-state index in [-0.39, 0.29) is 0 Å². The van der Waals surface area contributed by atoms with Gasteiger partial charge in [-0.25, -0.2) is 0 Å². The second-order valence-corrected chi connectivity index (χ2v) is 6.51. The first-order valence-electron chi connectivity index (χ1n) is 9.79. The van der Waals surface area contributed by atoms with Gasteiger partial charge < -0.3 is 0 Å². The molecule has 0 N–H and O–H groups in total. The summed E-state index contributed by atoms with van der Waals surface area (Å²) in [6.07, 6.45) is 5.01. The Morgan fingerprint density at radius 1 is 0.833 bits per heavy atom. The standard InChI is InChI=1S/C21H38N3/c1-6-10-17-24(18-11-7-2)21(23(8-3)9-4)22(5)19-20-15-13-12-14-16-20/h12-16H,6-11,17-19H2,1-5H3/q+1. The van der Waals surface area contributed by atoms with Gasteiger partial charge in [-0.1, -0.05) is 57.0 Å². The first-order valence-corrected chi connectivity index (χ1v) is 9.79. The fourth-order valence-electron chi connectivity index (χ4n) is 3.13. The van der Waals surface area contributed by atoms with Crippen LogP contribution < -0.4 is 0 Å². The Hall–Kier alpha value is -1.51. The largest absolute Gasteiger partial charge is 0.350 e. The number of rotatable bonds is 10. The minimum absolute atomic E-state index is 0.960. The van der Waals surface area contributed by atoms with Gasteiger partial charge in [0.1, 0.15) is 0 Å². The van der Waals surface area contributed by atoms with Crippen molar-refractivity contribution in [3.63, 3.8) is 0 Å². The van der Waals surface area contributed by atoms with Crippen molar-refractivity contribution in [3.05, 3.63) is 35.9 Å². The molecule has 0 spiro atoms. The molecule has 24 heavy (non-hydrogen) atoms. The third kappa shape index (κ3) is 6.54. The van der Waals surface area contributed by atoms with Crippen molar-refractivity contribution in [3.8, 4) is 0 Å². The predicted molar refractivity (Wildman–Crippen MR) is 106 cm³/mol. The Kier molecular flexibility index (Phi) is 10.2. The van der Waals surface area contributed by atoms with Crippen molar-refractivity contribution >= 4 is 5.96 Å². The van der Waals surface area contributed by atoms with Crippen LogP contribution in [0.4, 0.5) is 0 Å². The van der Waals surface area contributed by atoms with Gasteiger partial charge in [-0.15, -0.1) is 0 Å². The maximum absolute atomic E-state index is 2.61. The second kappa shape index (κ2) is 11.9. The monoisotopic (exact) mass is 332 g/mol. The van der Waals surface area contributed by atoms with Gasteiger partial charge >= 0.3 is 5.96 Å². The summed E-state index contributed by atoms with van der Waals surface area (Å²) < 4.78 is 2.44. The van der Waals surface area contributed by atoms with Crippen LogP contribution in [-0.2, 0) is 6.54 Å². The van der Waals surface area contributed by atoms with E-state index < -0.39 is 0 Å². The molecule has 0 unspecified atom stereocenters. The molecular formula is C21H38N3+. The summed E-state index contributed by atoms with van der Waals surface area (Å²) in [5.41, 5.74) is 1.37. The van der Waals surface area contributed by atoms with Crippen LogP contribution in [0.1, 0.15) is 58.9 Å². The summed E-state index contributed by atoms with van der Waals surface area (Å²) in [5, 5.41) is 0. The molecule has 0 aliphatic rings. The van der Waals surface area contributed by atoms with Gasteiger partial charge in [-0.05, 0) is 32.3 Å². The van der Waals surface area contributed by atoms with Crippen molar-refractivity contribution in [2.45, 2.75) is 59.9 Å². The minimum atomic E-state index is 0.960. The Balaban J connectivity index is 3.11. The quantitative estimate of drug-likeness (QED) is 0.356. The zero-order valence-electron chi connectivity index (χ0n) is 16.6. The zero-order chi connectivity index (χ0) is 17.8. The molecule has 136 valence electrons. The van der Waals surface area contributed by atoms with Gasteiger partial charge in [0.2, 0.25) is 0 Å². The molecule has 0 bridgehead atoms. The number of hydrogen-bond acceptors (Lipinski definition) is 0.